The zero-order valence-corrected chi connectivity index (χ0v) is 20.0. The van der Waals surface area contributed by atoms with Crippen LogP contribution in [-0.4, -0.2) is 76.7 Å². The number of hydrogen-bond donors (Lipinski definition) is 1. The van der Waals surface area contributed by atoms with Gasteiger partial charge in [-0.25, -0.2) is 9.97 Å². The summed E-state index contributed by atoms with van der Waals surface area (Å²) >= 11 is 0. The van der Waals surface area contributed by atoms with Gasteiger partial charge in [-0.1, -0.05) is 30.3 Å². The summed E-state index contributed by atoms with van der Waals surface area (Å²) in [5, 5.41) is 11.1. The first-order chi connectivity index (χ1) is 15.9. The SMILES string of the molecule is CN(C)C1(c2ccccc2)CCC2(CC1)CN(c1cncnc1)COCN2CC1(O)CCC1. The fourth-order valence-electron chi connectivity index (χ4n) is 6.18. The smallest absolute Gasteiger partial charge is 0.120 e. The number of rotatable bonds is 5. The molecule has 178 valence electrons. The highest BCUT2D eigenvalue weighted by atomic mass is 16.5. The van der Waals surface area contributed by atoms with Crippen molar-refractivity contribution in [2.75, 3.05) is 45.5 Å². The predicted octanol–water partition coefficient (Wildman–Crippen LogP) is 3.22. The van der Waals surface area contributed by atoms with E-state index in [2.05, 4.69) is 69.1 Å². The Morgan fingerprint density at radius 1 is 0.970 bits per heavy atom. The molecular weight excluding hydrogens is 414 g/mol. The molecule has 1 spiro atoms. The van der Waals surface area contributed by atoms with Gasteiger partial charge in [0.2, 0.25) is 0 Å². The molecule has 3 fully saturated rings. The Morgan fingerprint density at radius 3 is 2.27 bits per heavy atom. The largest absolute Gasteiger partial charge is 0.389 e. The number of benzene rings is 1. The van der Waals surface area contributed by atoms with Crippen LogP contribution >= 0.6 is 0 Å². The number of anilines is 1. The van der Waals surface area contributed by atoms with E-state index in [1.807, 2.05) is 12.4 Å². The van der Waals surface area contributed by atoms with Gasteiger partial charge in [-0.05, 0) is 64.6 Å². The highest BCUT2D eigenvalue weighted by Gasteiger charge is 2.51. The van der Waals surface area contributed by atoms with Crippen LogP contribution in [0.5, 0.6) is 0 Å². The normalized spacial score (nSPS) is 30.2. The average Bonchev–Trinajstić information content (AvgIpc) is 2.99. The van der Waals surface area contributed by atoms with Gasteiger partial charge in [0.05, 0.1) is 23.7 Å². The quantitative estimate of drug-likeness (QED) is 0.749. The second-order valence-electron chi connectivity index (χ2n) is 10.5. The first kappa shape index (κ1) is 22.7. The Morgan fingerprint density at radius 2 is 1.67 bits per heavy atom. The zero-order chi connectivity index (χ0) is 22.9. The maximum atomic E-state index is 11.1. The molecule has 1 aromatic heterocycles. The van der Waals surface area contributed by atoms with Crippen molar-refractivity contribution in [1.82, 2.24) is 19.8 Å². The van der Waals surface area contributed by atoms with Crippen molar-refractivity contribution in [1.29, 1.82) is 0 Å². The Hall–Kier alpha value is -2.06. The molecule has 1 aromatic carbocycles. The molecule has 3 aliphatic rings. The van der Waals surface area contributed by atoms with Gasteiger partial charge in [0, 0.05) is 24.2 Å². The topological polar surface area (TPSA) is 65.0 Å². The lowest BCUT2D eigenvalue weighted by Gasteiger charge is -2.55. The molecule has 0 radical (unpaired) electrons. The van der Waals surface area contributed by atoms with Gasteiger partial charge in [-0.15, -0.1) is 0 Å². The summed E-state index contributed by atoms with van der Waals surface area (Å²) in [5.41, 5.74) is 1.78. The highest BCUT2D eigenvalue weighted by Crippen LogP contribution is 2.48. The van der Waals surface area contributed by atoms with E-state index < -0.39 is 5.60 Å². The van der Waals surface area contributed by atoms with E-state index in [1.54, 1.807) is 6.33 Å². The third-order valence-electron chi connectivity index (χ3n) is 8.51. The summed E-state index contributed by atoms with van der Waals surface area (Å²) in [7, 11) is 4.42. The van der Waals surface area contributed by atoms with Gasteiger partial charge in [0.1, 0.15) is 19.8 Å². The molecule has 5 rings (SSSR count). The lowest BCUT2D eigenvalue weighted by Crippen LogP contribution is -2.63. The summed E-state index contributed by atoms with van der Waals surface area (Å²) in [5.74, 6) is 0. The molecule has 0 amide bonds. The molecule has 2 heterocycles. The van der Waals surface area contributed by atoms with Gasteiger partial charge in [-0.2, -0.15) is 0 Å². The second-order valence-corrected chi connectivity index (χ2v) is 10.5. The monoisotopic (exact) mass is 451 g/mol. The lowest BCUT2D eigenvalue weighted by molar-refractivity contribution is -0.118. The molecule has 0 bridgehead atoms. The number of hydrogen-bond acceptors (Lipinski definition) is 7. The summed E-state index contributed by atoms with van der Waals surface area (Å²) < 4.78 is 6.17. The number of β-amino-alcohol motifs (C(OH)–C–C–N with tert-alkyl or cyclic N) is 1. The van der Waals surface area contributed by atoms with Gasteiger partial charge in [0.25, 0.3) is 0 Å². The predicted molar refractivity (Wildman–Crippen MR) is 129 cm³/mol. The van der Waals surface area contributed by atoms with E-state index in [0.29, 0.717) is 20.0 Å². The summed E-state index contributed by atoms with van der Waals surface area (Å²) in [6.07, 6.45) is 12.4. The number of aliphatic hydroxyl groups is 1. The Labute approximate surface area is 197 Å². The van der Waals surface area contributed by atoms with Gasteiger partial charge < -0.3 is 14.7 Å². The molecule has 2 aromatic rings. The third kappa shape index (κ3) is 4.28. The molecule has 0 atom stereocenters. The molecule has 7 heteroatoms. The number of ether oxygens (including phenoxy) is 1. The van der Waals surface area contributed by atoms with Crippen molar-refractivity contribution in [3.63, 3.8) is 0 Å². The van der Waals surface area contributed by atoms with E-state index >= 15 is 0 Å². The van der Waals surface area contributed by atoms with Crippen LogP contribution in [-0.2, 0) is 10.3 Å². The average molecular weight is 452 g/mol. The molecule has 1 saturated heterocycles. The first-order valence-electron chi connectivity index (χ1n) is 12.2. The van der Waals surface area contributed by atoms with Crippen LogP contribution in [0, 0.1) is 0 Å². The Kier molecular flexibility index (Phi) is 6.16. The van der Waals surface area contributed by atoms with Crippen LogP contribution in [0.3, 0.4) is 0 Å². The number of nitrogens with zero attached hydrogens (tertiary/aromatic N) is 5. The highest BCUT2D eigenvalue weighted by molar-refractivity contribution is 5.42. The minimum Gasteiger partial charge on any atom is -0.389 e. The first-order valence-corrected chi connectivity index (χ1v) is 12.2. The van der Waals surface area contributed by atoms with Crippen LogP contribution in [0.4, 0.5) is 5.69 Å². The maximum absolute atomic E-state index is 11.1. The molecule has 7 nitrogen and oxygen atoms in total. The molecular formula is C26H37N5O2. The van der Waals surface area contributed by atoms with Gasteiger partial charge >= 0.3 is 0 Å². The second kappa shape index (κ2) is 8.95. The molecule has 1 aliphatic heterocycles. The van der Waals surface area contributed by atoms with E-state index in [9.17, 15) is 5.11 Å². The zero-order valence-electron chi connectivity index (χ0n) is 20.0. The summed E-state index contributed by atoms with van der Waals surface area (Å²) in [6, 6.07) is 11.0. The fourth-order valence-corrected chi connectivity index (χ4v) is 6.18. The fraction of sp³-hybridized carbons (Fsp3) is 0.615. The van der Waals surface area contributed by atoms with Crippen molar-refractivity contribution >= 4 is 5.69 Å². The van der Waals surface area contributed by atoms with E-state index in [0.717, 1.165) is 57.2 Å². The van der Waals surface area contributed by atoms with Crippen LogP contribution in [0.2, 0.25) is 0 Å². The standard InChI is InChI=1S/C26H37N5O2/c1-29(2)26(22-7-4-3-5-8-22)13-11-24(12-14-26)17-30(23-15-27-19-28-16-23)20-33-21-31(24)18-25(32)9-6-10-25/h3-5,7-8,15-16,19,32H,6,9-14,17-18,20-21H2,1-2H3. The van der Waals surface area contributed by atoms with Crippen molar-refractivity contribution in [2.24, 2.45) is 0 Å². The molecule has 1 N–H and O–H groups in total. The molecule has 2 saturated carbocycles. The van der Waals surface area contributed by atoms with E-state index in [4.69, 9.17) is 4.74 Å². The molecule has 33 heavy (non-hydrogen) atoms. The van der Waals surface area contributed by atoms with Crippen molar-refractivity contribution < 1.29 is 9.84 Å². The molecule has 0 unspecified atom stereocenters. The maximum Gasteiger partial charge on any atom is 0.120 e. The van der Waals surface area contributed by atoms with Crippen molar-refractivity contribution in [3.05, 3.63) is 54.6 Å². The van der Waals surface area contributed by atoms with Crippen molar-refractivity contribution in [3.8, 4) is 0 Å². The van der Waals surface area contributed by atoms with E-state index in [-0.39, 0.29) is 11.1 Å². The number of aromatic nitrogens is 2. The van der Waals surface area contributed by atoms with Crippen molar-refractivity contribution in [2.45, 2.75) is 61.6 Å². The van der Waals surface area contributed by atoms with Crippen LogP contribution in [0.1, 0.15) is 50.5 Å². The molecule has 2 aliphatic carbocycles. The van der Waals surface area contributed by atoms with Gasteiger partial charge in [-0.3, -0.25) is 9.80 Å². The third-order valence-corrected chi connectivity index (χ3v) is 8.51. The Balaban J connectivity index is 1.45. The minimum atomic E-state index is -0.573. The minimum absolute atomic E-state index is 0.0272. The van der Waals surface area contributed by atoms with Crippen LogP contribution in [0.25, 0.3) is 0 Å². The van der Waals surface area contributed by atoms with Crippen LogP contribution in [0.15, 0.2) is 49.1 Å². The van der Waals surface area contributed by atoms with Gasteiger partial charge in [0.15, 0.2) is 0 Å². The lowest BCUT2D eigenvalue weighted by atomic mass is 9.67. The summed E-state index contributed by atoms with van der Waals surface area (Å²) in [4.78, 5) is 15.6. The Bertz CT molecular complexity index is 911. The summed E-state index contributed by atoms with van der Waals surface area (Å²) in [6.45, 7) is 2.61. The van der Waals surface area contributed by atoms with Crippen LogP contribution < -0.4 is 4.90 Å². The van der Waals surface area contributed by atoms with E-state index in [1.165, 1.54) is 5.56 Å².